The Morgan fingerprint density at radius 1 is 1.47 bits per heavy atom. The topological polar surface area (TPSA) is 85.3 Å². The van der Waals surface area contributed by atoms with Crippen LogP contribution in [-0.2, 0) is 0 Å². The Labute approximate surface area is 115 Å². The lowest BCUT2D eigenvalue weighted by Crippen LogP contribution is -2.12. The van der Waals surface area contributed by atoms with Crippen molar-refractivity contribution in [2.75, 3.05) is 5.32 Å². The van der Waals surface area contributed by atoms with Gasteiger partial charge in [0.15, 0.2) is 5.65 Å². The van der Waals surface area contributed by atoms with Gasteiger partial charge in [-0.1, -0.05) is 5.16 Å². The van der Waals surface area contributed by atoms with Crippen molar-refractivity contribution in [2.24, 2.45) is 0 Å². The van der Waals surface area contributed by atoms with E-state index in [4.69, 9.17) is 4.52 Å². The van der Waals surface area contributed by atoms with E-state index in [1.165, 1.54) is 0 Å². The van der Waals surface area contributed by atoms with Gasteiger partial charge >= 0.3 is 0 Å². The Kier molecular flexibility index (Phi) is 2.79. The van der Waals surface area contributed by atoms with Crippen molar-refractivity contribution < 1.29 is 9.32 Å². The first kappa shape index (κ1) is 11.8. The van der Waals surface area contributed by atoms with Crippen molar-refractivity contribution in [2.45, 2.75) is 6.92 Å². The molecule has 8 heteroatoms. The number of anilines is 1. The quantitative estimate of drug-likeness (QED) is 0.780. The lowest BCUT2D eigenvalue weighted by molar-refractivity contribution is 0.0987. The van der Waals surface area contributed by atoms with E-state index in [0.717, 1.165) is 4.47 Å². The lowest BCUT2D eigenvalue weighted by atomic mass is 10.4. The van der Waals surface area contributed by atoms with Gasteiger partial charge in [-0.05, 0) is 35.0 Å². The summed E-state index contributed by atoms with van der Waals surface area (Å²) < 4.78 is 7.29. The fourth-order valence-corrected chi connectivity index (χ4v) is 1.87. The summed E-state index contributed by atoms with van der Waals surface area (Å²) in [6.07, 6.45) is 1.75. The predicted octanol–water partition coefficient (Wildman–Crippen LogP) is 2.04. The molecule has 0 aromatic carbocycles. The van der Waals surface area contributed by atoms with Gasteiger partial charge in [-0.2, -0.15) is 4.98 Å². The molecule has 0 unspecified atom stereocenters. The molecule has 0 saturated carbocycles. The van der Waals surface area contributed by atoms with Crippen LogP contribution in [0.25, 0.3) is 5.65 Å². The van der Waals surface area contributed by atoms with Crippen molar-refractivity contribution in [1.29, 1.82) is 0 Å². The fourth-order valence-electron chi connectivity index (χ4n) is 1.54. The summed E-state index contributed by atoms with van der Waals surface area (Å²) in [4.78, 5) is 16.0. The van der Waals surface area contributed by atoms with Gasteiger partial charge in [-0.25, -0.2) is 4.52 Å². The molecule has 0 saturated heterocycles. The van der Waals surface area contributed by atoms with Gasteiger partial charge in [0.2, 0.25) is 11.7 Å². The first-order chi connectivity index (χ1) is 9.11. The Hall–Kier alpha value is -2.22. The van der Waals surface area contributed by atoms with Crippen LogP contribution in [0, 0.1) is 6.92 Å². The zero-order valence-electron chi connectivity index (χ0n) is 9.79. The minimum atomic E-state index is -0.435. The molecular weight excluding hydrogens is 314 g/mol. The van der Waals surface area contributed by atoms with Crippen LogP contribution in [0.15, 0.2) is 33.4 Å². The molecular formula is C11H8BrN5O2. The van der Waals surface area contributed by atoms with Crippen LogP contribution < -0.4 is 5.32 Å². The predicted molar refractivity (Wildman–Crippen MR) is 69.9 cm³/mol. The highest BCUT2D eigenvalue weighted by Crippen LogP contribution is 2.13. The smallest absolute Gasteiger partial charge is 0.296 e. The first-order valence-electron chi connectivity index (χ1n) is 5.38. The van der Waals surface area contributed by atoms with Crippen molar-refractivity contribution in [3.8, 4) is 0 Å². The van der Waals surface area contributed by atoms with E-state index in [2.05, 4.69) is 36.5 Å². The maximum atomic E-state index is 11.8. The molecule has 0 radical (unpaired) electrons. The highest BCUT2D eigenvalue weighted by molar-refractivity contribution is 9.10. The molecule has 0 fully saturated rings. The molecule has 3 aromatic heterocycles. The maximum absolute atomic E-state index is 11.8. The van der Waals surface area contributed by atoms with Crippen molar-refractivity contribution >= 4 is 33.4 Å². The van der Waals surface area contributed by atoms with Gasteiger partial charge in [0, 0.05) is 16.7 Å². The number of rotatable bonds is 2. The number of fused-ring (bicyclic) bond motifs is 1. The third-order valence-electron chi connectivity index (χ3n) is 2.37. The monoisotopic (exact) mass is 321 g/mol. The summed E-state index contributed by atoms with van der Waals surface area (Å²) in [6, 6.07) is 5.17. The molecule has 3 aromatic rings. The van der Waals surface area contributed by atoms with E-state index in [1.54, 1.807) is 29.8 Å². The number of nitrogens with zero attached hydrogens (tertiary/aromatic N) is 4. The second-order valence-electron chi connectivity index (χ2n) is 3.87. The minimum Gasteiger partial charge on any atom is -0.351 e. The molecule has 7 nitrogen and oxygen atoms in total. The Morgan fingerprint density at radius 3 is 3.05 bits per heavy atom. The second kappa shape index (κ2) is 4.47. The number of carbonyl (C=O) groups is 1. The van der Waals surface area contributed by atoms with Gasteiger partial charge < -0.3 is 4.52 Å². The summed E-state index contributed by atoms with van der Waals surface area (Å²) in [7, 11) is 0. The molecule has 0 bridgehead atoms. The molecule has 0 aliphatic rings. The van der Waals surface area contributed by atoms with Crippen LogP contribution in [0.5, 0.6) is 0 Å². The van der Waals surface area contributed by atoms with Crippen LogP contribution in [0.1, 0.15) is 16.2 Å². The van der Waals surface area contributed by atoms with Crippen molar-refractivity contribution in [3.63, 3.8) is 0 Å². The van der Waals surface area contributed by atoms with Gasteiger partial charge in [-0.15, -0.1) is 5.10 Å². The number of aryl methyl sites for hydroxylation is 1. The summed E-state index contributed by atoms with van der Waals surface area (Å²) in [6.45, 7) is 1.74. The Balaban J connectivity index is 1.87. The summed E-state index contributed by atoms with van der Waals surface area (Å²) in [5.74, 6) is -0.106. The van der Waals surface area contributed by atoms with Gasteiger partial charge in [-0.3, -0.25) is 10.1 Å². The SMILES string of the molecule is Cc1cc(C(=O)Nc2nc3ccc(Br)cn3n2)on1. The largest absolute Gasteiger partial charge is 0.351 e. The van der Waals surface area contributed by atoms with Crippen LogP contribution in [-0.4, -0.2) is 25.7 Å². The normalized spacial score (nSPS) is 10.8. The summed E-state index contributed by atoms with van der Waals surface area (Å²) in [5.41, 5.74) is 1.27. The number of aromatic nitrogens is 4. The van der Waals surface area contributed by atoms with E-state index in [0.29, 0.717) is 11.3 Å². The van der Waals surface area contributed by atoms with Gasteiger partial charge in [0.05, 0.1) is 5.69 Å². The molecule has 0 atom stereocenters. The van der Waals surface area contributed by atoms with E-state index in [-0.39, 0.29) is 11.7 Å². The average molecular weight is 322 g/mol. The number of hydrogen-bond donors (Lipinski definition) is 1. The third kappa shape index (κ3) is 2.34. The van der Waals surface area contributed by atoms with Crippen LogP contribution in [0.2, 0.25) is 0 Å². The van der Waals surface area contributed by atoms with Crippen molar-refractivity contribution in [1.82, 2.24) is 19.8 Å². The fraction of sp³-hybridized carbons (Fsp3) is 0.0909. The lowest BCUT2D eigenvalue weighted by Gasteiger charge is -1.94. The summed E-state index contributed by atoms with van der Waals surface area (Å²) in [5, 5.41) is 10.3. The van der Waals surface area contributed by atoms with Crippen LogP contribution in [0.3, 0.4) is 0 Å². The molecule has 3 rings (SSSR count). The number of amides is 1. The molecule has 96 valence electrons. The molecule has 0 spiro atoms. The number of hydrogen-bond acceptors (Lipinski definition) is 5. The molecule has 1 N–H and O–H groups in total. The number of pyridine rings is 1. The second-order valence-corrected chi connectivity index (χ2v) is 4.79. The van der Waals surface area contributed by atoms with Crippen LogP contribution in [0.4, 0.5) is 5.95 Å². The average Bonchev–Trinajstić information content (AvgIpc) is 2.94. The minimum absolute atomic E-state index is 0.123. The van der Waals surface area contributed by atoms with Crippen LogP contribution >= 0.6 is 15.9 Å². The number of nitrogens with one attached hydrogen (secondary N) is 1. The zero-order valence-corrected chi connectivity index (χ0v) is 11.4. The van der Waals surface area contributed by atoms with Crippen molar-refractivity contribution in [3.05, 3.63) is 40.3 Å². The summed E-state index contributed by atoms with van der Waals surface area (Å²) >= 11 is 3.33. The Morgan fingerprint density at radius 2 is 2.32 bits per heavy atom. The number of halogens is 1. The number of carbonyl (C=O) groups excluding carboxylic acids is 1. The zero-order chi connectivity index (χ0) is 13.4. The third-order valence-corrected chi connectivity index (χ3v) is 2.84. The van der Waals surface area contributed by atoms with Gasteiger partial charge in [0.25, 0.3) is 5.91 Å². The maximum Gasteiger partial charge on any atom is 0.296 e. The molecule has 3 heterocycles. The molecule has 0 aliphatic heterocycles. The molecule has 0 aliphatic carbocycles. The van der Waals surface area contributed by atoms with E-state index >= 15 is 0 Å². The highest BCUT2D eigenvalue weighted by Gasteiger charge is 2.14. The highest BCUT2D eigenvalue weighted by atomic mass is 79.9. The van der Waals surface area contributed by atoms with E-state index < -0.39 is 5.91 Å². The molecule has 1 amide bonds. The van der Waals surface area contributed by atoms with E-state index in [9.17, 15) is 4.79 Å². The van der Waals surface area contributed by atoms with Gasteiger partial charge in [0.1, 0.15) is 0 Å². The van der Waals surface area contributed by atoms with E-state index in [1.807, 2.05) is 6.07 Å². The standard InChI is InChI=1S/C11H8BrN5O2/c1-6-4-8(19-16-6)10(18)14-11-13-9-3-2-7(12)5-17(9)15-11/h2-5H,1H3,(H,14,15,18). The first-order valence-corrected chi connectivity index (χ1v) is 6.18. The Bertz CT molecular complexity index is 763. The molecule has 19 heavy (non-hydrogen) atoms.